The summed E-state index contributed by atoms with van der Waals surface area (Å²) in [5.74, 6) is 0.758. The van der Waals surface area contributed by atoms with Crippen LogP contribution in [0.5, 0.6) is 0 Å². The van der Waals surface area contributed by atoms with E-state index in [4.69, 9.17) is 10.00 Å². The van der Waals surface area contributed by atoms with Crippen LogP contribution in [-0.4, -0.2) is 23.0 Å². The normalized spacial score (nSPS) is 9.85. The Balaban J connectivity index is 1.75. The fraction of sp³-hybridized carbons (Fsp3) is 0.0526. The molecule has 0 amide bonds. The smallest absolute Gasteiger partial charge is 0.337 e. The highest BCUT2D eigenvalue weighted by atomic mass is 16.5. The number of nitriles is 1. The number of benzene rings is 2. The number of carbonyl (C=O) groups is 1. The van der Waals surface area contributed by atoms with Gasteiger partial charge in [-0.15, -0.1) is 0 Å². The van der Waals surface area contributed by atoms with Crippen LogP contribution in [0.2, 0.25) is 0 Å². The van der Waals surface area contributed by atoms with Gasteiger partial charge in [-0.1, -0.05) is 6.07 Å². The average Bonchev–Trinajstić information content (AvgIpc) is 2.68. The highest BCUT2D eigenvalue weighted by molar-refractivity contribution is 5.90. The molecule has 0 aliphatic heterocycles. The Kier molecular flexibility index (Phi) is 5.05. The lowest BCUT2D eigenvalue weighted by atomic mass is 10.2. The Morgan fingerprint density at radius 1 is 1.00 bits per heavy atom. The van der Waals surface area contributed by atoms with Gasteiger partial charge < -0.3 is 15.4 Å². The van der Waals surface area contributed by atoms with Crippen LogP contribution < -0.4 is 10.6 Å². The van der Waals surface area contributed by atoms with Gasteiger partial charge in [0.15, 0.2) is 0 Å². The number of hydrogen-bond acceptors (Lipinski definition) is 7. The van der Waals surface area contributed by atoms with Gasteiger partial charge in [0.25, 0.3) is 0 Å². The van der Waals surface area contributed by atoms with Gasteiger partial charge in [0.1, 0.15) is 18.0 Å². The van der Waals surface area contributed by atoms with Crippen LogP contribution in [0.15, 0.2) is 60.9 Å². The highest BCUT2D eigenvalue weighted by Gasteiger charge is 2.06. The Morgan fingerprint density at radius 3 is 2.35 bits per heavy atom. The Labute approximate surface area is 150 Å². The van der Waals surface area contributed by atoms with Crippen molar-refractivity contribution in [3.05, 3.63) is 72.1 Å². The van der Waals surface area contributed by atoms with Crippen LogP contribution in [0.25, 0.3) is 0 Å². The van der Waals surface area contributed by atoms with E-state index in [1.165, 1.54) is 13.4 Å². The monoisotopic (exact) mass is 345 g/mol. The molecular weight excluding hydrogens is 330 g/mol. The molecule has 3 rings (SSSR count). The quantitative estimate of drug-likeness (QED) is 0.681. The lowest BCUT2D eigenvalue weighted by molar-refractivity contribution is 0.0601. The number of anilines is 4. The number of carbonyl (C=O) groups excluding carboxylic acids is 1. The molecule has 128 valence electrons. The van der Waals surface area contributed by atoms with Crippen LogP contribution in [0.4, 0.5) is 23.0 Å². The number of hydrogen-bond donors (Lipinski definition) is 2. The summed E-state index contributed by atoms with van der Waals surface area (Å²) in [6.07, 6.45) is 1.43. The van der Waals surface area contributed by atoms with Crippen molar-refractivity contribution in [3.8, 4) is 6.07 Å². The van der Waals surface area contributed by atoms with Crippen molar-refractivity contribution < 1.29 is 9.53 Å². The Bertz CT molecular complexity index is 964. The van der Waals surface area contributed by atoms with E-state index < -0.39 is 5.97 Å². The van der Waals surface area contributed by atoms with Crippen LogP contribution in [-0.2, 0) is 4.74 Å². The molecule has 1 aromatic heterocycles. The van der Waals surface area contributed by atoms with E-state index in [2.05, 4.69) is 26.7 Å². The van der Waals surface area contributed by atoms with Gasteiger partial charge in [0.2, 0.25) is 0 Å². The number of ether oxygens (including phenoxy) is 1. The van der Waals surface area contributed by atoms with Crippen molar-refractivity contribution in [2.24, 2.45) is 0 Å². The number of methoxy groups -OCH3 is 1. The molecule has 0 atom stereocenters. The van der Waals surface area contributed by atoms with Crippen molar-refractivity contribution in [1.29, 1.82) is 5.26 Å². The first kappa shape index (κ1) is 16.9. The first-order chi connectivity index (χ1) is 12.7. The molecule has 2 aromatic carbocycles. The second kappa shape index (κ2) is 7.77. The number of nitrogens with zero attached hydrogens (tertiary/aromatic N) is 3. The Hall–Kier alpha value is -3.92. The molecule has 7 heteroatoms. The van der Waals surface area contributed by atoms with Crippen molar-refractivity contribution in [1.82, 2.24) is 9.97 Å². The van der Waals surface area contributed by atoms with E-state index in [9.17, 15) is 4.79 Å². The highest BCUT2D eigenvalue weighted by Crippen LogP contribution is 2.20. The van der Waals surface area contributed by atoms with Crippen LogP contribution >= 0.6 is 0 Å². The minimum absolute atomic E-state index is 0.403. The number of rotatable bonds is 5. The van der Waals surface area contributed by atoms with Gasteiger partial charge >= 0.3 is 5.97 Å². The predicted octanol–water partition coefficient (Wildman–Crippen LogP) is 3.62. The molecule has 0 aliphatic rings. The Morgan fingerprint density at radius 2 is 1.69 bits per heavy atom. The van der Waals surface area contributed by atoms with Gasteiger partial charge in [0.05, 0.1) is 24.3 Å². The summed E-state index contributed by atoms with van der Waals surface area (Å²) < 4.78 is 4.72. The molecular formula is C19H15N5O2. The zero-order valence-corrected chi connectivity index (χ0v) is 13.9. The molecule has 2 N–H and O–H groups in total. The van der Waals surface area contributed by atoms with E-state index in [0.29, 0.717) is 28.5 Å². The largest absolute Gasteiger partial charge is 0.465 e. The van der Waals surface area contributed by atoms with E-state index in [1.54, 1.807) is 48.5 Å². The lowest BCUT2D eigenvalue weighted by Crippen LogP contribution is -2.02. The molecule has 0 aliphatic carbocycles. The van der Waals surface area contributed by atoms with Crippen molar-refractivity contribution >= 4 is 29.0 Å². The van der Waals surface area contributed by atoms with E-state index >= 15 is 0 Å². The minimum atomic E-state index is -0.403. The van der Waals surface area contributed by atoms with Gasteiger partial charge in [-0.05, 0) is 42.5 Å². The third-order valence-corrected chi connectivity index (χ3v) is 3.51. The molecule has 0 radical (unpaired) electrons. The summed E-state index contributed by atoms with van der Waals surface area (Å²) in [5, 5.41) is 15.1. The van der Waals surface area contributed by atoms with Crippen LogP contribution in [0.3, 0.4) is 0 Å². The lowest BCUT2D eigenvalue weighted by Gasteiger charge is -2.09. The maximum absolute atomic E-state index is 11.6. The molecule has 1 heterocycles. The summed E-state index contributed by atoms with van der Waals surface area (Å²) in [7, 11) is 1.34. The number of nitrogens with one attached hydrogen (secondary N) is 2. The molecule has 3 aromatic rings. The molecule has 0 bridgehead atoms. The summed E-state index contributed by atoms with van der Waals surface area (Å²) in [5.41, 5.74) is 2.55. The molecule has 0 fully saturated rings. The van der Waals surface area contributed by atoms with E-state index in [-0.39, 0.29) is 0 Å². The predicted molar refractivity (Wildman–Crippen MR) is 97.5 cm³/mol. The summed E-state index contributed by atoms with van der Waals surface area (Å²) in [4.78, 5) is 20.0. The van der Waals surface area contributed by atoms with Crippen molar-refractivity contribution in [3.63, 3.8) is 0 Å². The minimum Gasteiger partial charge on any atom is -0.465 e. The third kappa shape index (κ3) is 4.13. The van der Waals surface area contributed by atoms with Gasteiger partial charge in [0, 0.05) is 17.4 Å². The first-order valence-corrected chi connectivity index (χ1v) is 7.72. The van der Waals surface area contributed by atoms with Crippen LogP contribution in [0.1, 0.15) is 15.9 Å². The summed E-state index contributed by atoms with van der Waals surface area (Å²) >= 11 is 0. The zero-order valence-electron chi connectivity index (χ0n) is 13.9. The fourth-order valence-electron chi connectivity index (χ4n) is 2.26. The van der Waals surface area contributed by atoms with Crippen LogP contribution in [0, 0.1) is 11.3 Å². The standard InChI is InChI=1S/C19H15N5O2/c1-26-19(25)14-3-2-4-16(9-14)24-18-10-17(21-12-22-18)23-15-7-5-13(11-20)6-8-15/h2-10,12H,1H3,(H2,21,22,23,24). The summed E-state index contributed by atoms with van der Waals surface area (Å²) in [6, 6.07) is 17.8. The zero-order chi connectivity index (χ0) is 18.4. The molecule has 0 saturated carbocycles. The maximum atomic E-state index is 11.6. The number of esters is 1. The maximum Gasteiger partial charge on any atom is 0.337 e. The fourth-order valence-corrected chi connectivity index (χ4v) is 2.26. The van der Waals surface area contributed by atoms with E-state index in [0.717, 1.165) is 5.69 Å². The second-order valence-corrected chi connectivity index (χ2v) is 5.30. The van der Waals surface area contributed by atoms with Crippen molar-refractivity contribution in [2.45, 2.75) is 0 Å². The van der Waals surface area contributed by atoms with Crippen molar-refractivity contribution in [2.75, 3.05) is 17.7 Å². The third-order valence-electron chi connectivity index (χ3n) is 3.51. The van der Waals surface area contributed by atoms with Gasteiger partial charge in [-0.25, -0.2) is 14.8 Å². The molecule has 0 unspecified atom stereocenters. The average molecular weight is 345 g/mol. The second-order valence-electron chi connectivity index (χ2n) is 5.30. The molecule has 7 nitrogen and oxygen atoms in total. The molecule has 0 saturated heterocycles. The summed E-state index contributed by atoms with van der Waals surface area (Å²) in [6.45, 7) is 0. The topological polar surface area (TPSA) is 99.9 Å². The molecule has 0 spiro atoms. The van der Waals surface area contributed by atoms with Gasteiger partial charge in [-0.3, -0.25) is 0 Å². The van der Waals surface area contributed by atoms with Gasteiger partial charge in [-0.2, -0.15) is 5.26 Å². The first-order valence-electron chi connectivity index (χ1n) is 7.72. The number of aromatic nitrogens is 2. The SMILES string of the molecule is COC(=O)c1cccc(Nc2cc(Nc3ccc(C#N)cc3)ncn2)c1. The van der Waals surface area contributed by atoms with E-state index in [1.807, 2.05) is 6.07 Å². The molecule has 26 heavy (non-hydrogen) atoms.